The van der Waals surface area contributed by atoms with Crippen molar-refractivity contribution >= 4 is 21.9 Å². The Kier molecular flexibility index (Phi) is 3.19. The van der Waals surface area contributed by atoms with Gasteiger partial charge in [0.15, 0.2) is 17.2 Å². The lowest BCUT2D eigenvalue weighted by atomic mass is 10.1. The van der Waals surface area contributed by atoms with Gasteiger partial charge in [0.1, 0.15) is 5.82 Å². The summed E-state index contributed by atoms with van der Waals surface area (Å²) in [6.07, 6.45) is 0. The molecule has 8 heteroatoms. The normalized spacial score (nSPS) is 10.7. The summed E-state index contributed by atoms with van der Waals surface area (Å²) in [7, 11) is 1.44. The van der Waals surface area contributed by atoms with Crippen molar-refractivity contribution in [3.8, 4) is 22.8 Å². The maximum absolute atomic E-state index is 13.9. The van der Waals surface area contributed by atoms with E-state index in [2.05, 4.69) is 21.0 Å². The summed E-state index contributed by atoms with van der Waals surface area (Å²) in [6, 6.07) is 1.91. The van der Waals surface area contributed by atoms with Crippen LogP contribution in [-0.4, -0.2) is 31.1 Å². The van der Waals surface area contributed by atoms with Gasteiger partial charge in [0, 0.05) is 13.1 Å². The first-order valence-corrected chi connectivity index (χ1v) is 5.80. The fourth-order valence-electron chi connectivity index (χ4n) is 1.64. The second kappa shape index (κ2) is 4.54. The molecule has 0 saturated carbocycles. The highest BCUT2D eigenvalue weighted by Gasteiger charge is 2.22. The molecule has 0 bridgehead atoms. The minimum atomic E-state index is -1.25. The lowest BCUT2D eigenvalue weighted by molar-refractivity contribution is 0.0689. The van der Waals surface area contributed by atoms with Crippen LogP contribution in [0.2, 0.25) is 0 Å². The summed E-state index contributed by atoms with van der Waals surface area (Å²) in [5.74, 6) is -3.22. The van der Waals surface area contributed by atoms with E-state index in [1.165, 1.54) is 17.8 Å². The zero-order chi connectivity index (χ0) is 14.3. The van der Waals surface area contributed by atoms with Crippen LogP contribution in [0.3, 0.4) is 0 Å². The van der Waals surface area contributed by atoms with E-state index in [0.717, 1.165) is 6.07 Å². The van der Waals surface area contributed by atoms with E-state index in [0.29, 0.717) is 0 Å². The van der Waals surface area contributed by atoms with Crippen molar-refractivity contribution in [3.05, 3.63) is 28.1 Å². The van der Waals surface area contributed by atoms with Gasteiger partial charge in [-0.05, 0) is 22.0 Å². The Balaban J connectivity index is 2.72. The molecule has 0 aliphatic carbocycles. The van der Waals surface area contributed by atoms with E-state index < -0.39 is 23.3 Å². The highest BCUT2D eigenvalue weighted by atomic mass is 79.9. The molecule has 0 radical (unpaired) electrons. The molecule has 1 heterocycles. The second-order valence-electron chi connectivity index (χ2n) is 3.76. The zero-order valence-corrected chi connectivity index (χ0v) is 11.1. The number of phenols is 2. The number of benzene rings is 1. The van der Waals surface area contributed by atoms with Crippen LogP contribution in [0.25, 0.3) is 11.3 Å². The minimum absolute atomic E-state index is 0.0788. The van der Waals surface area contributed by atoms with Crippen LogP contribution in [0.4, 0.5) is 4.39 Å². The van der Waals surface area contributed by atoms with Crippen LogP contribution in [0.5, 0.6) is 11.5 Å². The number of phenolic OH excluding ortho intramolecular Hbond substituents is 2. The molecule has 0 unspecified atom stereocenters. The molecule has 0 aliphatic rings. The van der Waals surface area contributed by atoms with Crippen molar-refractivity contribution < 1.29 is 24.5 Å². The molecule has 0 saturated heterocycles. The predicted octanol–water partition coefficient (Wildman–Crippen LogP) is 2.10. The van der Waals surface area contributed by atoms with Gasteiger partial charge in [0.2, 0.25) is 0 Å². The minimum Gasteiger partial charge on any atom is -0.504 e. The summed E-state index contributed by atoms with van der Waals surface area (Å²) >= 11 is 2.96. The number of aromatic hydroxyl groups is 2. The maximum atomic E-state index is 13.9. The van der Waals surface area contributed by atoms with Gasteiger partial charge in [0.05, 0.1) is 15.7 Å². The van der Waals surface area contributed by atoms with Crippen LogP contribution < -0.4 is 0 Å². The highest BCUT2D eigenvalue weighted by Crippen LogP contribution is 2.42. The number of carbonyl (C=O) groups is 1. The first-order valence-electron chi connectivity index (χ1n) is 5.00. The molecular formula is C11H8BrFN2O4. The van der Waals surface area contributed by atoms with Crippen LogP contribution in [-0.2, 0) is 7.05 Å². The number of rotatable bonds is 2. The van der Waals surface area contributed by atoms with Gasteiger partial charge in [-0.2, -0.15) is 5.10 Å². The lowest BCUT2D eigenvalue weighted by Gasteiger charge is -2.09. The number of carboxylic acids is 1. The van der Waals surface area contributed by atoms with Gasteiger partial charge in [-0.15, -0.1) is 0 Å². The Morgan fingerprint density at radius 1 is 1.42 bits per heavy atom. The van der Waals surface area contributed by atoms with Crippen molar-refractivity contribution in [3.63, 3.8) is 0 Å². The van der Waals surface area contributed by atoms with Crippen LogP contribution in [0.1, 0.15) is 10.5 Å². The first-order chi connectivity index (χ1) is 8.82. The van der Waals surface area contributed by atoms with Crippen molar-refractivity contribution in [2.75, 3.05) is 0 Å². The third-order valence-electron chi connectivity index (χ3n) is 2.53. The summed E-state index contributed by atoms with van der Waals surface area (Å²) < 4.78 is 15.0. The van der Waals surface area contributed by atoms with Gasteiger partial charge in [-0.1, -0.05) is 0 Å². The molecule has 3 N–H and O–H groups in total. The molecular weight excluding hydrogens is 323 g/mol. The Morgan fingerprint density at radius 2 is 2.05 bits per heavy atom. The fourth-order valence-corrected chi connectivity index (χ4v) is 2.23. The monoisotopic (exact) mass is 330 g/mol. The largest absolute Gasteiger partial charge is 0.504 e. The summed E-state index contributed by atoms with van der Waals surface area (Å²) in [6.45, 7) is 0. The van der Waals surface area contributed by atoms with Gasteiger partial charge in [0.25, 0.3) is 0 Å². The molecule has 1 aromatic heterocycles. The van der Waals surface area contributed by atoms with E-state index in [1.807, 2.05) is 0 Å². The summed E-state index contributed by atoms with van der Waals surface area (Å²) in [5, 5.41) is 31.4. The maximum Gasteiger partial charge on any atom is 0.356 e. The van der Waals surface area contributed by atoms with Gasteiger partial charge < -0.3 is 15.3 Å². The number of aromatic nitrogens is 2. The predicted molar refractivity (Wildman–Crippen MR) is 66.6 cm³/mol. The fraction of sp³-hybridized carbons (Fsp3) is 0.0909. The van der Waals surface area contributed by atoms with Crippen LogP contribution in [0, 0.1) is 5.82 Å². The van der Waals surface area contributed by atoms with Gasteiger partial charge in [-0.25, -0.2) is 9.18 Å². The average Bonchev–Trinajstić information content (AvgIpc) is 2.69. The smallest absolute Gasteiger partial charge is 0.356 e. The van der Waals surface area contributed by atoms with E-state index in [-0.39, 0.29) is 21.4 Å². The number of nitrogens with zero attached hydrogens (tertiary/aromatic N) is 2. The second-order valence-corrected chi connectivity index (χ2v) is 4.55. The Bertz CT molecular complexity index is 684. The number of aromatic carboxylic acids is 1. The van der Waals surface area contributed by atoms with E-state index in [9.17, 15) is 19.4 Å². The number of halogens is 2. The molecule has 19 heavy (non-hydrogen) atoms. The third-order valence-corrected chi connectivity index (χ3v) is 3.30. The first kappa shape index (κ1) is 13.3. The van der Waals surface area contributed by atoms with Crippen LogP contribution in [0.15, 0.2) is 16.6 Å². The van der Waals surface area contributed by atoms with Crippen molar-refractivity contribution in [1.29, 1.82) is 0 Å². The Morgan fingerprint density at radius 3 is 2.58 bits per heavy atom. The van der Waals surface area contributed by atoms with Gasteiger partial charge >= 0.3 is 5.97 Å². The van der Waals surface area contributed by atoms with Crippen LogP contribution >= 0.6 is 15.9 Å². The lowest BCUT2D eigenvalue weighted by Crippen LogP contribution is -2.00. The molecule has 0 aliphatic heterocycles. The number of hydrogen-bond donors (Lipinski definition) is 3. The summed E-state index contributed by atoms with van der Waals surface area (Å²) in [4.78, 5) is 10.8. The van der Waals surface area contributed by atoms with Gasteiger partial charge in [-0.3, -0.25) is 4.68 Å². The van der Waals surface area contributed by atoms with Crippen molar-refractivity contribution in [1.82, 2.24) is 9.78 Å². The molecule has 0 spiro atoms. The average molecular weight is 331 g/mol. The van der Waals surface area contributed by atoms with E-state index in [4.69, 9.17) is 5.11 Å². The molecule has 6 nitrogen and oxygen atoms in total. The molecule has 100 valence electrons. The molecule has 0 fully saturated rings. The standard InChI is InChI=1S/C11H8BrFN2O4/c1-15-6(3-5(14-15)11(18)19)8-4(13)2-7(16)10(17)9(8)12/h2-3,16-17H,1H3,(H,18,19). The Labute approximate surface area is 114 Å². The third kappa shape index (κ3) is 2.14. The summed E-state index contributed by atoms with van der Waals surface area (Å²) in [5.41, 5.74) is -0.189. The highest BCUT2D eigenvalue weighted by molar-refractivity contribution is 9.10. The molecule has 2 aromatic rings. The number of aryl methyl sites for hydroxylation is 1. The van der Waals surface area contributed by atoms with Crippen molar-refractivity contribution in [2.24, 2.45) is 7.05 Å². The number of carboxylic acid groups (broad SMARTS) is 1. The molecule has 0 atom stereocenters. The molecule has 0 amide bonds. The quantitative estimate of drug-likeness (QED) is 0.733. The molecule has 2 rings (SSSR count). The Hall–Kier alpha value is -2.09. The number of hydrogen-bond acceptors (Lipinski definition) is 4. The molecule has 1 aromatic carbocycles. The zero-order valence-electron chi connectivity index (χ0n) is 9.55. The van der Waals surface area contributed by atoms with Crippen molar-refractivity contribution in [2.45, 2.75) is 0 Å². The van der Waals surface area contributed by atoms with E-state index in [1.54, 1.807) is 0 Å². The topological polar surface area (TPSA) is 95.6 Å². The van der Waals surface area contributed by atoms with E-state index >= 15 is 0 Å². The SMILES string of the molecule is Cn1nc(C(=O)O)cc1-c1c(F)cc(O)c(O)c1Br.